The molecule has 4 heterocycles. The smallest absolute Gasteiger partial charge is 0.165 e. The number of thiazole rings is 1. The molecule has 4 unspecified atom stereocenters. The van der Waals surface area contributed by atoms with Crippen LogP contribution in [0.4, 0.5) is 4.39 Å². The van der Waals surface area contributed by atoms with Gasteiger partial charge in [-0.1, -0.05) is 5.21 Å². The molecular weight excluding hydrogens is 513 g/mol. The van der Waals surface area contributed by atoms with E-state index in [4.69, 9.17) is 9.47 Å². The van der Waals surface area contributed by atoms with Gasteiger partial charge in [0.05, 0.1) is 46.9 Å². The SMILES string of the molecule is COc1ccc(-c2cn(C3CC(c4ncnn4-c4ccc5nc(C)sc5c4)OC(CO)C3O)nn2)cc1F. The van der Waals surface area contributed by atoms with Crippen LogP contribution in [0.15, 0.2) is 48.9 Å². The fourth-order valence-electron chi connectivity index (χ4n) is 4.76. The lowest BCUT2D eigenvalue weighted by atomic mass is 9.95. The van der Waals surface area contributed by atoms with Gasteiger partial charge < -0.3 is 19.7 Å². The molecule has 38 heavy (non-hydrogen) atoms. The van der Waals surface area contributed by atoms with Gasteiger partial charge in [0.15, 0.2) is 17.4 Å². The van der Waals surface area contributed by atoms with Gasteiger partial charge in [-0.15, -0.1) is 16.4 Å². The van der Waals surface area contributed by atoms with Gasteiger partial charge in [-0.2, -0.15) is 5.10 Å². The number of fused-ring (bicyclic) bond motifs is 1. The van der Waals surface area contributed by atoms with E-state index in [1.807, 2.05) is 25.1 Å². The minimum absolute atomic E-state index is 0.128. The van der Waals surface area contributed by atoms with Crippen LogP contribution < -0.4 is 4.74 Å². The minimum Gasteiger partial charge on any atom is -0.494 e. The van der Waals surface area contributed by atoms with Gasteiger partial charge in [-0.25, -0.2) is 23.7 Å². The molecule has 0 amide bonds. The van der Waals surface area contributed by atoms with Gasteiger partial charge in [0.25, 0.3) is 0 Å². The third kappa shape index (κ3) is 4.32. The van der Waals surface area contributed by atoms with E-state index in [0.717, 1.165) is 20.9 Å². The molecule has 6 rings (SSSR count). The summed E-state index contributed by atoms with van der Waals surface area (Å²) in [5.74, 6) is 0.138. The molecule has 0 bridgehead atoms. The zero-order chi connectivity index (χ0) is 26.4. The topological polar surface area (TPSA) is 133 Å². The average Bonchev–Trinajstić information content (AvgIpc) is 3.67. The summed E-state index contributed by atoms with van der Waals surface area (Å²) in [4.78, 5) is 8.96. The fourth-order valence-corrected chi connectivity index (χ4v) is 5.62. The van der Waals surface area contributed by atoms with Crippen LogP contribution >= 0.6 is 11.3 Å². The molecule has 5 aromatic rings. The molecule has 4 atom stereocenters. The van der Waals surface area contributed by atoms with Gasteiger partial charge >= 0.3 is 0 Å². The summed E-state index contributed by atoms with van der Waals surface area (Å²) < 4.78 is 29.5. The molecule has 0 aliphatic carbocycles. The molecule has 1 saturated heterocycles. The first-order valence-corrected chi connectivity index (χ1v) is 12.7. The lowest BCUT2D eigenvalue weighted by Crippen LogP contribution is -2.45. The molecule has 0 saturated carbocycles. The molecule has 2 aromatic carbocycles. The normalized spacial score (nSPS) is 21.7. The minimum atomic E-state index is -1.06. The van der Waals surface area contributed by atoms with Crippen LogP contribution in [0.3, 0.4) is 0 Å². The van der Waals surface area contributed by atoms with Crippen molar-refractivity contribution in [2.24, 2.45) is 0 Å². The Morgan fingerprint density at radius 3 is 2.89 bits per heavy atom. The molecule has 11 nitrogen and oxygen atoms in total. The predicted molar refractivity (Wildman–Crippen MR) is 136 cm³/mol. The van der Waals surface area contributed by atoms with Gasteiger partial charge in [-0.3, -0.25) is 0 Å². The maximum absolute atomic E-state index is 14.2. The molecular formula is C25H24FN7O4S. The van der Waals surface area contributed by atoms with E-state index < -0.39 is 36.8 Å². The Morgan fingerprint density at radius 1 is 1.24 bits per heavy atom. The number of benzene rings is 2. The number of hydrogen-bond acceptors (Lipinski definition) is 10. The molecule has 1 aliphatic heterocycles. The summed E-state index contributed by atoms with van der Waals surface area (Å²) in [7, 11) is 1.40. The van der Waals surface area contributed by atoms with E-state index in [9.17, 15) is 14.6 Å². The van der Waals surface area contributed by atoms with Gasteiger partial charge in [-0.05, 0) is 43.3 Å². The predicted octanol–water partition coefficient (Wildman–Crippen LogP) is 3.02. The number of aryl methyl sites for hydroxylation is 1. The number of ether oxygens (including phenoxy) is 2. The van der Waals surface area contributed by atoms with E-state index >= 15 is 0 Å². The molecule has 0 spiro atoms. The van der Waals surface area contributed by atoms with Crippen molar-refractivity contribution in [1.82, 2.24) is 34.7 Å². The highest BCUT2D eigenvalue weighted by molar-refractivity contribution is 7.18. The van der Waals surface area contributed by atoms with Crippen LogP contribution in [0.25, 0.3) is 27.2 Å². The van der Waals surface area contributed by atoms with Crippen molar-refractivity contribution in [2.45, 2.75) is 37.7 Å². The van der Waals surface area contributed by atoms with Crippen molar-refractivity contribution >= 4 is 21.6 Å². The van der Waals surface area contributed by atoms with Gasteiger partial charge in [0.2, 0.25) is 0 Å². The van der Waals surface area contributed by atoms with Crippen LogP contribution in [-0.4, -0.2) is 70.9 Å². The van der Waals surface area contributed by atoms with Crippen molar-refractivity contribution in [3.63, 3.8) is 0 Å². The Morgan fingerprint density at radius 2 is 2.11 bits per heavy atom. The van der Waals surface area contributed by atoms with Crippen LogP contribution in [0.1, 0.15) is 29.4 Å². The van der Waals surface area contributed by atoms with E-state index in [2.05, 4.69) is 25.4 Å². The molecule has 1 aliphatic rings. The lowest BCUT2D eigenvalue weighted by Gasteiger charge is -2.38. The first-order valence-electron chi connectivity index (χ1n) is 11.9. The summed E-state index contributed by atoms with van der Waals surface area (Å²) in [6.07, 6.45) is 0.816. The summed E-state index contributed by atoms with van der Waals surface area (Å²) in [5, 5.41) is 34.8. The highest BCUT2D eigenvalue weighted by Gasteiger charge is 2.41. The van der Waals surface area contributed by atoms with Crippen molar-refractivity contribution in [2.75, 3.05) is 13.7 Å². The average molecular weight is 538 g/mol. The number of hydrogen-bond donors (Lipinski definition) is 2. The summed E-state index contributed by atoms with van der Waals surface area (Å²) >= 11 is 1.59. The van der Waals surface area contributed by atoms with E-state index in [-0.39, 0.29) is 12.2 Å². The van der Waals surface area contributed by atoms with E-state index in [1.165, 1.54) is 30.3 Å². The second-order valence-electron chi connectivity index (χ2n) is 8.99. The fraction of sp³-hybridized carbons (Fsp3) is 0.320. The van der Waals surface area contributed by atoms with Crippen LogP contribution in [0, 0.1) is 12.7 Å². The standard InChI is InChI=1S/C25H24FN7O4S/c1-13-29-17-5-4-15(8-23(17)38-13)33-25(27-12-28-33)21-9-19(24(35)22(11-34)37-21)32-10-18(30-31-32)14-3-6-20(36-2)16(26)7-14/h3-8,10,12,19,21-22,24,34-35H,9,11H2,1-2H3. The van der Waals surface area contributed by atoms with Gasteiger partial charge in [0, 0.05) is 12.0 Å². The monoisotopic (exact) mass is 537 g/mol. The maximum Gasteiger partial charge on any atom is 0.165 e. The first kappa shape index (κ1) is 24.6. The van der Waals surface area contributed by atoms with E-state index in [0.29, 0.717) is 17.1 Å². The molecule has 196 valence electrons. The number of aliphatic hydroxyl groups excluding tert-OH is 2. The lowest BCUT2D eigenvalue weighted by molar-refractivity contribution is -0.161. The summed E-state index contributed by atoms with van der Waals surface area (Å²) in [6, 6.07) is 9.76. The third-order valence-electron chi connectivity index (χ3n) is 6.63. The number of aliphatic hydroxyl groups is 2. The summed E-state index contributed by atoms with van der Waals surface area (Å²) in [6.45, 7) is 1.56. The molecule has 1 fully saturated rings. The highest BCUT2D eigenvalue weighted by Crippen LogP contribution is 2.38. The summed E-state index contributed by atoms with van der Waals surface area (Å²) in [5.41, 5.74) is 2.65. The van der Waals surface area contributed by atoms with Crippen LogP contribution in [0.5, 0.6) is 5.75 Å². The Labute approximate surface area is 220 Å². The second kappa shape index (κ2) is 9.83. The first-order chi connectivity index (χ1) is 18.4. The largest absolute Gasteiger partial charge is 0.494 e. The zero-order valence-electron chi connectivity index (χ0n) is 20.5. The number of nitrogens with zero attached hydrogens (tertiary/aromatic N) is 7. The number of rotatable bonds is 6. The molecule has 2 N–H and O–H groups in total. The molecule has 0 radical (unpaired) electrons. The number of aromatic nitrogens is 7. The van der Waals surface area contributed by atoms with Crippen molar-refractivity contribution in [3.05, 3.63) is 65.6 Å². The molecule has 13 heteroatoms. The number of methoxy groups -OCH3 is 1. The number of halogens is 1. The Kier molecular flexibility index (Phi) is 6.35. The Hall–Kier alpha value is -3.78. The molecule has 3 aromatic heterocycles. The van der Waals surface area contributed by atoms with Crippen molar-refractivity contribution in [1.29, 1.82) is 0 Å². The maximum atomic E-state index is 14.2. The van der Waals surface area contributed by atoms with Gasteiger partial charge in [0.1, 0.15) is 30.3 Å². The van der Waals surface area contributed by atoms with Crippen molar-refractivity contribution < 1.29 is 24.1 Å². The third-order valence-corrected chi connectivity index (χ3v) is 7.57. The Bertz CT molecular complexity index is 1600. The van der Waals surface area contributed by atoms with Crippen LogP contribution in [-0.2, 0) is 4.74 Å². The second-order valence-corrected chi connectivity index (χ2v) is 10.2. The van der Waals surface area contributed by atoms with E-state index in [1.54, 1.807) is 28.3 Å². The highest BCUT2D eigenvalue weighted by atomic mass is 32.1. The Balaban J connectivity index is 1.31. The van der Waals surface area contributed by atoms with Crippen molar-refractivity contribution in [3.8, 4) is 22.7 Å². The zero-order valence-corrected chi connectivity index (χ0v) is 21.3. The quantitative estimate of drug-likeness (QED) is 0.335. The van der Waals surface area contributed by atoms with Crippen LogP contribution in [0.2, 0.25) is 0 Å².